The minimum Gasteiger partial charge on any atom is -0.340 e. The summed E-state index contributed by atoms with van der Waals surface area (Å²) in [6, 6.07) is 13.4. The van der Waals surface area contributed by atoms with Gasteiger partial charge in [-0.25, -0.2) is 0 Å². The number of ketones is 1. The van der Waals surface area contributed by atoms with Crippen LogP contribution in [0, 0.1) is 6.92 Å². The standard InChI is InChI=1S/C37H51N5O3/c1-6-10-15-30-25-32-26-31(36(44)39-33(9-4)37-38-27(5)40-45-37)20-24-42(32)34(30)35(43)29-18-16-28(17-19-29)14-13-23-41(21-11-7-2)22-12-8-3/h16-20,24-26,33H,6-15,21-23H2,1-5H3,(H,39,44). The van der Waals surface area contributed by atoms with Gasteiger partial charge in [-0.15, -0.1) is 0 Å². The SMILES string of the molecule is CCCCc1cc2cc(C(=O)NC(CC)c3nc(C)no3)ccn2c1C(=O)c1ccc(CCCN(CCCC)CCCC)cc1. The van der Waals surface area contributed by atoms with Gasteiger partial charge in [-0.1, -0.05) is 76.4 Å². The van der Waals surface area contributed by atoms with Crippen LogP contribution in [0.15, 0.2) is 53.2 Å². The number of aryl methyl sites for hydroxylation is 3. The van der Waals surface area contributed by atoms with Crippen LogP contribution in [0.2, 0.25) is 0 Å². The minimum absolute atomic E-state index is 0.00738. The van der Waals surface area contributed by atoms with Crippen molar-refractivity contribution in [2.45, 2.75) is 105 Å². The molecule has 8 nitrogen and oxygen atoms in total. The van der Waals surface area contributed by atoms with Gasteiger partial charge < -0.3 is 19.1 Å². The highest BCUT2D eigenvalue weighted by molar-refractivity contribution is 6.10. The van der Waals surface area contributed by atoms with Crippen LogP contribution < -0.4 is 5.32 Å². The molecular weight excluding hydrogens is 562 g/mol. The Morgan fingerprint density at radius 3 is 2.18 bits per heavy atom. The van der Waals surface area contributed by atoms with E-state index in [1.807, 2.05) is 35.7 Å². The summed E-state index contributed by atoms with van der Waals surface area (Å²) in [5.74, 6) is 0.714. The predicted octanol–water partition coefficient (Wildman–Crippen LogP) is 7.92. The number of nitrogens with zero attached hydrogens (tertiary/aromatic N) is 4. The Morgan fingerprint density at radius 2 is 1.56 bits per heavy atom. The van der Waals surface area contributed by atoms with Gasteiger partial charge in [0, 0.05) is 22.8 Å². The Labute approximate surface area is 268 Å². The molecular formula is C37H51N5O3. The topological polar surface area (TPSA) is 92.7 Å². The second-order valence-corrected chi connectivity index (χ2v) is 12.1. The molecule has 45 heavy (non-hydrogen) atoms. The Bertz CT molecular complexity index is 1510. The number of carbonyl (C=O) groups is 2. The first-order valence-corrected chi connectivity index (χ1v) is 17.0. The van der Waals surface area contributed by atoms with Gasteiger partial charge in [-0.05, 0) is 101 Å². The van der Waals surface area contributed by atoms with E-state index in [9.17, 15) is 9.59 Å². The number of rotatable bonds is 19. The lowest BCUT2D eigenvalue weighted by Crippen LogP contribution is -2.28. The highest BCUT2D eigenvalue weighted by atomic mass is 16.5. The Kier molecular flexibility index (Phi) is 12.9. The molecule has 0 radical (unpaired) electrons. The second kappa shape index (κ2) is 17.1. The number of hydrogen-bond acceptors (Lipinski definition) is 6. The van der Waals surface area contributed by atoms with E-state index in [1.165, 1.54) is 44.3 Å². The van der Waals surface area contributed by atoms with Crippen LogP contribution in [0.5, 0.6) is 0 Å². The van der Waals surface area contributed by atoms with Crippen LogP contribution >= 0.6 is 0 Å². The molecule has 0 spiro atoms. The summed E-state index contributed by atoms with van der Waals surface area (Å²) in [4.78, 5) is 34.1. The van der Waals surface area contributed by atoms with Crippen molar-refractivity contribution >= 4 is 17.2 Å². The lowest BCUT2D eigenvalue weighted by Gasteiger charge is -2.21. The van der Waals surface area contributed by atoms with Crippen LogP contribution in [0.1, 0.15) is 134 Å². The summed E-state index contributed by atoms with van der Waals surface area (Å²) in [6.07, 6.45) is 12.4. The smallest absolute Gasteiger partial charge is 0.252 e. The van der Waals surface area contributed by atoms with Crippen molar-refractivity contribution in [3.05, 3.63) is 88.3 Å². The van der Waals surface area contributed by atoms with Crippen molar-refractivity contribution < 1.29 is 14.1 Å². The Balaban J connectivity index is 1.49. The third-order valence-electron chi connectivity index (χ3n) is 8.50. The van der Waals surface area contributed by atoms with E-state index < -0.39 is 0 Å². The molecule has 0 bridgehead atoms. The molecule has 1 N–H and O–H groups in total. The van der Waals surface area contributed by atoms with Crippen LogP contribution in [-0.4, -0.2) is 50.8 Å². The van der Waals surface area contributed by atoms with Crippen molar-refractivity contribution in [3.8, 4) is 0 Å². The van der Waals surface area contributed by atoms with Gasteiger partial charge in [0.15, 0.2) is 5.82 Å². The molecule has 1 atom stereocenters. The molecule has 0 aliphatic heterocycles. The van der Waals surface area contributed by atoms with Gasteiger partial charge in [0.2, 0.25) is 11.7 Å². The average molecular weight is 614 g/mol. The van der Waals surface area contributed by atoms with Crippen molar-refractivity contribution in [1.82, 2.24) is 24.8 Å². The fourth-order valence-electron chi connectivity index (χ4n) is 5.79. The molecule has 0 aliphatic rings. The number of hydrogen-bond donors (Lipinski definition) is 1. The van der Waals surface area contributed by atoms with Crippen molar-refractivity contribution in [2.75, 3.05) is 19.6 Å². The van der Waals surface area contributed by atoms with Crippen molar-refractivity contribution in [2.24, 2.45) is 0 Å². The van der Waals surface area contributed by atoms with Gasteiger partial charge in [-0.2, -0.15) is 4.98 Å². The normalized spacial score (nSPS) is 12.2. The van der Waals surface area contributed by atoms with Gasteiger partial charge in [0.1, 0.15) is 6.04 Å². The molecule has 0 fully saturated rings. The summed E-state index contributed by atoms with van der Waals surface area (Å²) in [5.41, 5.74) is 4.98. The van der Waals surface area contributed by atoms with E-state index in [-0.39, 0.29) is 17.7 Å². The molecule has 3 aromatic heterocycles. The summed E-state index contributed by atoms with van der Waals surface area (Å²) in [5, 5.41) is 6.86. The fourth-order valence-corrected chi connectivity index (χ4v) is 5.79. The molecule has 0 saturated carbocycles. The lowest BCUT2D eigenvalue weighted by molar-refractivity contribution is 0.0926. The fraction of sp³-hybridized carbons (Fsp3) is 0.514. The maximum absolute atomic E-state index is 14.0. The number of carbonyl (C=O) groups excluding carboxylic acids is 2. The third kappa shape index (κ3) is 9.13. The number of unbranched alkanes of at least 4 members (excludes halogenated alkanes) is 3. The number of fused-ring (bicyclic) bond motifs is 1. The summed E-state index contributed by atoms with van der Waals surface area (Å²) < 4.78 is 7.22. The number of pyridine rings is 1. The molecule has 8 heteroatoms. The number of nitrogens with one attached hydrogen (secondary N) is 1. The van der Waals surface area contributed by atoms with Crippen LogP contribution in [-0.2, 0) is 12.8 Å². The molecule has 4 rings (SSSR count). The maximum atomic E-state index is 14.0. The predicted molar refractivity (Wildman–Crippen MR) is 180 cm³/mol. The third-order valence-corrected chi connectivity index (χ3v) is 8.50. The highest BCUT2D eigenvalue weighted by Gasteiger charge is 2.22. The molecule has 1 amide bonds. The summed E-state index contributed by atoms with van der Waals surface area (Å²) in [6.45, 7) is 13.9. The van der Waals surface area contributed by atoms with E-state index >= 15 is 0 Å². The number of benzene rings is 1. The Morgan fingerprint density at radius 1 is 0.867 bits per heavy atom. The average Bonchev–Trinajstić information content (AvgIpc) is 3.66. The molecule has 1 aromatic carbocycles. The van der Waals surface area contributed by atoms with Gasteiger partial charge >= 0.3 is 0 Å². The van der Waals surface area contributed by atoms with Crippen molar-refractivity contribution in [3.63, 3.8) is 0 Å². The maximum Gasteiger partial charge on any atom is 0.252 e. The van der Waals surface area contributed by atoms with E-state index in [1.54, 1.807) is 13.0 Å². The van der Waals surface area contributed by atoms with Gasteiger partial charge in [0.25, 0.3) is 5.91 Å². The molecule has 242 valence electrons. The zero-order chi connectivity index (χ0) is 32.2. The van der Waals surface area contributed by atoms with Crippen molar-refractivity contribution in [1.29, 1.82) is 0 Å². The van der Waals surface area contributed by atoms with E-state index in [4.69, 9.17) is 4.52 Å². The molecule has 3 heterocycles. The Hall–Kier alpha value is -3.78. The van der Waals surface area contributed by atoms with E-state index in [0.29, 0.717) is 35.0 Å². The molecule has 1 unspecified atom stereocenters. The van der Waals surface area contributed by atoms with Gasteiger partial charge in [-0.3, -0.25) is 9.59 Å². The molecule has 0 saturated heterocycles. The van der Waals surface area contributed by atoms with E-state index in [0.717, 1.165) is 49.7 Å². The summed E-state index contributed by atoms with van der Waals surface area (Å²) in [7, 11) is 0. The summed E-state index contributed by atoms with van der Waals surface area (Å²) >= 11 is 0. The first kappa shape index (κ1) is 34.1. The van der Waals surface area contributed by atoms with Crippen LogP contribution in [0.3, 0.4) is 0 Å². The quantitative estimate of drug-likeness (QED) is 0.108. The highest BCUT2D eigenvalue weighted by Crippen LogP contribution is 2.24. The zero-order valence-electron chi connectivity index (χ0n) is 27.9. The number of amides is 1. The zero-order valence-corrected chi connectivity index (χ0v) is 27.9. The minimum atomic E-state index is -0.372. The number of aromatic nitrogens is 3. The second-order valence-electron chi connectivity index (χ2n) is 12.1. The van der Waals surface area contributed by atoms with Gasteiger partial charge in [0.05, 0.1) is 5.69 Å². The monoisotopic (exact) mass is 613 g/mol. The first-order chi connectivity index (χ1) is 21.9. The molecule has 0 aliphatic carbocycles. The largest absolute Gasteiger partial charge is 0.340 e. The lowest BCUT2D eigenvalue weighted by atomic mass is 10.00. The molecule has 4 aromatic rings. The van der Waals surface area contributed by atoms with E-state index in [2.05, 4.69) is 59.3 Å². The van der Waals surface area contributed by atoms with Crippen LogP contribution in [0.25, 0.3) is 5.52 Å². The first-order valence-electron chi connectivity index (χ1n) is 17.0. The van der Waals surface area contributed by atoms with Crippen LogP contribution in [0.4, 0.5) is 0 Å².